The number of imide groups is 1. The number of hydrogen-bond donors (Lipinski definition) is 2. The number of carbonyl (C=O) groups is 2. The summed E-state index contributed by atoms with van der Waals surface area (Å²) in [5, 5.41) is 12.4. The van der Waals surface area contributed by atoms with Crippen molar-refractivity contribution in [1.29, 1.82) is 0 Å². The molecule has 1 fully saturated rings. The summed E-state index contributed by atoms with van der Waals surface area (Å²) in [4.78, 5) is 23.1. The molecule has 0 spiro atoms. The van der Waals surface area contributed by atoms with Gasteiger partial charge in [-0.3, -0.25) is 14.9 Å². The Morgan fingerprint density at radius 1 is 1.17 bits per heavy atom. The zero-order valence-corrected chi connectivity index (χ0v) is 13.4. The van der Waals surface area contributed by atoms with Crippen molar-refractivity contribution in [3.05, 3.63) is 69.1 Å². The van der Waals surface area contributed by atoms with E-state index in [1.165, 1.54) is 6.08 Å². The molecule has 0 saturated carbocycles. The minimum atomic E-state index is -0.448. The predicted molar refractivity (Wildman–Crippen MR) is 91.5 cm³/mol. The van der Waals surface area contributed by atoms with Crippen molar-refractivity contribution in [2.45, 2.75) is 6.42 Å². The summed E-state index contributed by atoms with van der Waals surface area (Å²) in [6.07, 6.45) is 2.12. The van der Waals surface area contributed by atoms with Crippen LogP contribution in [0.3, 0.4) is 0 Å². The van der Waals surface area contributed by atoms with Gasteiger partial charge in [0, 0.05) is 10.6 Å². The first-order valence-electron chi connectivity index (χ1n) is 6.83. The van der Waals surface area contributed by atoms with E-state index in [9.17, 15) is 14.7 Å². The molecule has 1 aliphatic rings. The van der Waals surface area contributed by atoms with Gasteiger partial charge in [-0.05, 0) is 53.6 Å². The van der Waals surface area contributed by atoms with Crippen LogP contribution in [0.1, 0.15) is 16.7 Å². The van der Waals surface area contributed by atoms with Gasteiger partial charge in [0.25, 0.3) is 11.1 Å². The van der Waals surface area contributed by atoms with Crippen LogP contribution in [0, 0.1) is 0 Å². The monoisotopic (exact) mass is 345 g/mol. The van der Waals surface area contributed by atoms with Gasteiger partial charge in [-0.25, -0.2) is 0 Å². The maximum absolute atomic E-state index is 11.6. The van der Waals surface area contributed by atoms with Gasteiger partial charge in [-0.1, -0.05) is 35.9 Å². The van der Waals surface area contributed by atoms with E-state index in [4.69, 9.17) is 11.6 Å². The topological polar surface area (TPSA) is 66.4 Å². The van der Waals surface area contributed by atoms with Crippen LogP contribution in [0.25, 0.3) is 6.08 Å². The van der Waals surface area contributed by atoms with Gasteiger partial charge < -0.3 is 5.11 Å². The lowest BCUT2D eigenvalue weighted by atomic mass is 10.0. The number of phenolic OH excluding ortho intramolecular Hbond substituents is 1. The number of halogens is 1. The van der Waals surface area contributed by atoms with Crippen molar-refractivity contribution in [2.24, 2.45) is 0 Å². The third kappa shape index (κ3) is 3.57. The van der Waals surface area contributed by atoms with E-state index in [1.807, 2.05) is 24.3 Å². The molecule has 2 aromatic carbocycles. The molecular weight excluding hydrogens is 334 g/mol. The van der Waals surface area contributed by atoms with Crippen LogP contribution < -0.4 is 5.32 Å². The van der Waals surface area contributed by atoms with Gasteiger partial charge in [0.15, 0.2) is 0 Å². The molecule has 0 aliphatic carbocycles. The van der Waals surface area contributed by atoms with E-state index >= 15 is 0 Å². The van der Waals surface area contributed by atoms with Gasteiger partial charge in [-0.2, -0.15) is 0 Å². The van der Waals surface area contributed by atoms with Gasteiger partial charge in [0.05, 0.1) is 4.91 Å². The fraction of sp³-hybridized carbons (Fsp3) is 0.0588. The summed E-state index contributed by atoms with van der Waals surface area (Å²) in [5.41, 5.74) is 2.40. The van der Waals surface area contributed by atoms with Crippen molar-refractivity contribution in [1.82, 2.24) is 5.32 Å². The largest absolute Gasteiger partial charge is 0.507 e. The van der Waals surface area contributed by atoms with E-state index in [-0.39, 0.29) is 10.7 Å². The fourth-order valence-corrected chi connectivity index (χ4v) is 3.13. The molecule has 1 saturated heterocycles. The highest BCUT2D eigenvalue weighted by atomic mass is 35.5. The Kier molecular flexibility index (Phi) is 4.41. The SMILES string of the molecule is O=C1NC(=O)/C(=C/c2cc(Cc3ccccc3Cl)ccc2O)S1. The second kappa shape index (κ2) is 6.48. The minimum Gasteiger partial charge on any atom is -0.507 e. The molecule has 0 aromatic heterocycles. The van der Waals surface area contributed by atoms with Gasteiger partial charge in [0.2, 0.25) is 0 Å². The summed E-state index contributed by atoms with van der Waals surface area (Å²) in [6.45, 7) is 0. The molecule has 0 atom stereocenters. The van der Waals surface area contributed by atoms with E-state index < -0.39 is 11.1 Å². The van der Waals surface area contributed by atoms with E-state index in [2.05, 4.69) is 5.32 Å². The van der Waals surface area contributed by atoms with E-state index in [0.29, 0.717) is 17.0 Å². The summed E-state index contributed by atoms with van der Waals surface area (Å²) in [5.74, 6) is -0.399. The lowest BCUT2D eigenvalue weighted by Crippen LogP contribution is -2.17. The number of aromatic hydroxyl groups is 1. The molecule has 116 valence electrons. The Hall–Kier alpha value is -2.24. The van der Waals surface area contributed by atoms with Crippen molar-refractivity contribution in [2.75, 3.05) is 0 Å². The Morgan fingerprint density at radius 3 is 2.65 bits per heavy atom. The summed E-state index contributed by atoms with van der Waals surface area (Å²) < 4.78 is 0. The molecule has 1 heterocycles. The van der Waals surface area contributed by atoms with E-state index in [1.54, 1.807) is 18.2 Å². The van der Waals surface area contributed by atoms with Crippen LogP contribution in [-0.2, 0) is 11.2 Å². The third-order valence-electron chi connectivity index (χ3n) is 3.37. The van der Waals surface area contributed by atoms with Crippen LogP contribution in [0.2, 0.25) is 5.02 Å². The third-order valence-corrected chi connectivity index (χ3v) is 4.55. The summed E-state index contributed by atoms with van der Waals surface area (Å²) in [6, 6.07) is 12.7. The Morgan fingerprint density at radius 2 is 1.96 bits per heavy atom. The highest BCUT2D eigenvalue weighted by Gasteiger charge is 2.25. The first-order chi connectivity index (χ1) is 11.0. The second-order valence-electron chi connectivity index (χ2n) is 5.01. The molecule has 6 heteroatoms. The van der Waals surface area contributed by atoms with Gasteiger partial charge in [-0.15, -0.1) is 0 Å². The van der Waals surface area contributed by atoms with Crippen LogP contribution in [0.4, 0.5) is 4.79 Å². The molecule has 4 nitrogen and oxygen atoms in total. The molecule has 0 radical (unpaired) electrons. The first-order valence-corrected chi connectivity index (χ1v) is 8.02. The van der Waals surface area contributed by atoms with Crippen LogP contribution in [-0.4, -0.2) is 16.3 Å². The maximum atomic E-state index is 11.6. The molecule has 1 aliphatic heterocycles. The number of carbonyl (C=O) groups excluding carboxylic acids is 2. The molecular formula is C17H12ClNO3S. The van der Waals surface area contributed by atoms with Gasteiger partial charge >= 0.3 is 0 Å². The zero-order chi connectivity index (χ0) is 16.4. The molecule has 23 heavy (non-hydrogen) atoms. The number of phenols is 1. The van der Waals surface area contributed by atoms with Crippen LogP contribution in [0.5, 0.6) is 5.75 Å². The molecule has 2 aromatic rings. The highest BCUT2D eigenvalue weighted by molar-refractivity contribution is 8.18. The summed E-state index contributed by atoms with van der Waals surface area (Å²) >= 11 is 6.98. The zero-order valence-electron chi connectivity index (χ0n) is 11.9. The molecule has 2 amide bonds. The average Bonchev–Trinajstić information content (AvgIpc) is 2.83. The average molecular weight is 346 g/mol. The number of hydrogen-bond acceptors (Lipinski definition) is 4. The van der Waals surface area contributed by atoms with Crippen molar-refractivity contribution < 1.29 is 14.7 Å². The Balaban J connectivity index is 1.91. The minimum absolute atomic E-state index is 0.0492. The lowest BCUT2D eigenvalue weighted by molar-refractivity contribution is -0.115. The van der Waals surface area contributed by atoms with Crippen molar-refractivity contribution in [3.63, 3.8) is 0 Å². The summed E-state index contributed by atoms with van der Waals surface area (Å²) in [7, 11) is 0. The highest BCUT2D eigenvalue weighted by Crippen LogP contribution is 2.30. The molecule has 3 rings (SSSR count). The molecule has 0 unspecified atom stereocenters. The Bertz CT molecular complexity index is 832. The predicted octanol–water partition coefficient (Wildman–Crippen LogP) is 3.96. The quantitative estimate of drug-likeness (QED) is 0.826. The molecule has 2 N–H and O–H groups in total. The Labute approximate surface area is 142 Å². The fourth-order valence-electron chi connectivity index (χ4n) is 2.25. The molecule has 0 bridgehead atoms. The number of amides is 2. The number of nitrogens with one attached hydrogen (secondary N) is 1. The first kappa shape index (κ1) is 15.6. The lowest BCUT2D eigenvalue weighted by Gasteiger charge is -2.07. The van der Waals surface area contributed by atoms with E-state index in [0.717, 1.165) is 22.9 Å². The smallest absolute Gasteiger partial charge is 0.290 e. The normalized spacial score (nSPS) is 16.0. The maximum Gasteiger partial charge on any atom is 0.290 e. The number of rotatable bonds is 3. The van der Waals surface area contributed by atoms with Crippen LogP contribution in [0.15, 0.2) is 47.4 Å². The van der Waals surface area contributed by atoms with Gasteiger partial charge in [0.1, 0.15) is 5.75 Å². The standard InChI is InChI=1S/C17H12ClNO3S/c18-13-4-2-1-3-11(13)7-10-5-6-14(20)12(8-10)9-15-16(21)19-17(22)23-15/h1-6,8-9,20H,7H2,(H,19,21,22)/b15-9-. The van der Waals surface area contributed by atoms with Crippen LogP contribution >= 0.6 is 23.4 Å². The number of thioether (sulfide) groups is 1. The second-order valence-corrected chi connectivity index (χ2v) is 6.44. The number of benzene rings is 2. The van der Waals surface area contributed by atoms with Crippen molar-refractivity contribution in [3.8, 4) is 5.75 Å². The van der Waals surface area contributed by atoms with Crippen molar-refractivity contribution >= 4 is 40.6 Å².